The molecule has 0 saturated carbocycles. The first-order chi connectivity index (χ1) is 8.61. The first-order valence-electron chi connectivity index (χ1n) is 5.68. The van der Waals surface area contributed by atoms with Gasteiger partial charge in [0, 0.05) is 11.3 Å². The number of nitrogens with one attached hydrogen (secondary N) is 1. The van der Waals surface area contributed by atoms with Crippen molar-refractivity contribution in [2.75, 3.05) is 12.4 Å². The molecule has 1 aliphatic rings. The van der Waals surface area contributed by atoms with Crippen molar-refractivity contribution in [3.63, 3.8) is 0 Å². The number of carbonyl (C=O) groups is 1. The molecule has 3 N–H and O–H groups in total. The van der Waals surface area contributed by atoms with Crippen LogP contribution in [0.5, 0.6) is 11.5 Å². The summed E-state index contributed by atoms with van der Waals surface area (Å²) < 4.78 is 4.94. The quantitative estimate of drug-likeness (QED) is 0.568. The topological polar surface area (TPSA) is 78.8 Å². The van der Waals surface area contributed by atoms with Crippen molar-refractivity contribution in [2.24, 2.45) is 0 Å². The second-order valence-corrected chi connectivity index (χ2v) is 5.07. The Morgan fingerprint density at radius 1 is 1.56 bits per heavy atom. The molecule has 1 saturated heterocycles. The Kier molecular flexibility index (Phi) is 3.98. The third-order valence-electron chi connectivity index (χ3n) is 2.65. The summed E-state index contributed by atoms with van der Waals surface area (Å²) in [6.07, 6.45) is 0. The maximum Gasteiger partial charge on any atom is 0.324 e. The van der Waals surface area contributed by atoms with Crippen LogP contribution in [0.2, 0.25) is 0 Å². The standard InChI is InChI=1S/C12H15NO4S/c1-2-17-12(16)9-6-18-11(13-9)8-5-7(14)3-4-10(8)15/h3-5,9,11,13-15H,2,6H2,1H3. The third-order valence-corrected chi connectivity index (χ3v) is 3.90. The molecule has 0 spiro atoms. The van der Waals surface area contributed by atoms with Crippen LogP contribution in [0, 0.1) is 0 Å². The highest BCUT2D eigenvalue weighted by atomic mass is 32.2. The van der Waals surface area contributed by atoms with Gasteiger partial charge < -0.3 is 14.9 Å². The molecule has 1 fully saturated rings. The molecule has 1 heterocycles. The number of rotatable bonds is 3. The predicted octanol–water partition coefficient (Wildman–Crippen LogP) is 1.36. The monoisotopic (exact) mass is 269 g/mol. The van der Waals surface area contributed by atoms with E-state index in [1.807, 2.05) is 0 Å². The fourth-order valence-corrected chi connectivity index (χ4v) is 3.03. The Bertz CT molecular complexity index is 452. The predicted molar refractivity (Wildman–Crippen MR) is 68.5 cm³/mol. The summed E-state index contributed by atoms with van der Waals surface area (Å²) in [5.74, 6) is 0.484. The molecular formula is C12H15NO4S. The molecule has 5 nitrogen and oxygen atoms in total. The van der Waals surface area contributed by atoms with Gasteiger partial charge in [-0.15, -0.1) is 11.8 Å². The first kappa shape index (κ1) is 13.0. The van der Waals surface area contributed by atoms with Crippen LogP contribution in [-0.4, -0.2) is 34.6 Å². The van der Waals surface area contributed by atoms with Crippen molar-refractivity contribution in [3.05, 3.63) is 23.8 Å². The lowest BCUT2D eigenvalue weighted by Crippen LogP contribution is -2.35. The first-order valence-corrected chi connectivity index (χ1v) is 6.73. The number of thioether (sulfide) groups is 1. The van der Waals surface area contributed by atoms with Crippen LogP contribution in [0.15, 0.2) is 18.2 Å². The van der Waals surface area contributed by atoms with Crippen molar-refractivity contribution in [3.8, 4) is 11.5 Å². The molecule has 1 aromatic rings. The molecule has 0 aromatic heterocycles. The van der Waals surface area contributed by atoms with Crippen molar-refractivity contribution >= 4 is 17.7 Å². The lowest BCUT2D eigenvalue weighted by molar-refractivity contribution is -0.144. The Morgan fingerprint density at radius 3 is 3.06 bits per heavy atom. The van der Waals surface area contributed by atoms with Crippen LogP contribution in [0.1, 0.15) is 17.9 Å². The van der Waals surface area contributed by atoms with E-state index >= 15 is 0 Å². The zero-order chi connectivity index (χ0) is 13.1. The van der Waals surface area contributed by atoms with Gasteiger partial charge in [0.1, 0.15) is 17.5 Å². The number of phenolic OH excluding ortho intramolecular Hbond substituents is 2. The zero-order valence-electron chi connectivity index (χ0n) is 9.92. The van der Waals surface area contributed by atoms with Gasteiger partial charge >= 0.3 is 5.97 Å². The van der Waals surface area contributed by atoms with Gasteiger partial charge in [-0.3, -0.25) is 10.1 Å². The van der Waals surface area contributed by atoms with Crippen molar-refractivity contribution < 1.29 is 19.7 Å². The van der Waals surface area contributed by atoms with Gasteiger partial charge in [0.25, 0.3) is 0 Å². The number of ether oxygens (including phenoxy) is 1. The van der Waals surface area contributed by atoms with Crippen LogP contribution >= 0.6 is 11.8 Å². The number of aromatic hydroxyl groups is 2. The number of carbonyl (C=O) groups excluding carboxylic acids is 1. The number of hydrogen-bond acceptors (Lipinski definition) is 6. The highest BCUT2D eigenvalue weighted by Crippen LogP contribution is 2.38. The van der Waals surface area contributed by atoms with E-state index in [1.54, 1.807) is 6.92 Å². The highest BCUT2D eigenvalue weighted by Gasteiger charge is 2.32. The molecule has 1 aromatic carbocycles. The van der Waals surface area contributed by atoms with Gasteiger partial charge in [-0.1, -0.05) is 0 Å². The highest BCUT2D eigenvalue weighted by molar-refractivity contribution is 7.99. The van der Waals surface area contributed by atoms with E-state index in [0.717, 1.165) is 0 Å². The van der Waals surface area contributed by atoms with Gasteiger partial charge in [0.2, 0.25) is 0 Å². The molecule has 2 unspecified atom stereocenters. The number of benzene rings is 1. The summed E-state index contributed by atoms with van der Waals surface area (Å²) in [5, 5.41) is 22.0. The Morgan fingerprint density at radius 2 is 2.33 bits per heavy atom. The lowest BCUT2D eigenvalue weighted by Gasteiger charge is -2.14. The van der Waals surface area contributed by atoms with Gasteiger partial charge in [0.05, 0.1) is 12.0 Å². The molecule has 0 radical (unpaired) electrons. The number of esters is 1. The smallest absolute Gasteiger partial charge is 0.324 e. The van der Waals surface area contributed by atoms with Gasteiger partial charge in [0.15, 0.2) is 0 Å². The van der Waals surface area contributed by atoms with Gasteiger partial charge in [-0.25, -0.2) is 0 Å². The van der Waals surface area contributed by atoms with Crippen molar-refractivity contribution in [2.45, 2.75) is 18.3 Å². The minimum atomic E-state index is -0.373. The fourth-order valence-electron chi connectivity index (χ4n) is 1.78. The minimum Gasteiger partial charge on any atom is -0.508 e. The lowest BCUT2D eigenvalue weighted by atomic mass is 10.1. The van der Waals surface area contributed by atoms with Gasteiger partial charge in [-0.2, -0.15) is 0 Å². The van der Waals surface area contributed by atoms with Crippen LogP contribution < -0.4 is 5.32 Å². The van der Waals surface area contributed by atoms with E-state index in [2.05, 4.69) is 5.32 Å². The second-order valence-electron chi connectivity index (χ2n) is 3.93. The fraction of sp³-hybridized carbons (Fsp3) is 0.417. The van der Waals surface area contributed by atoms with Crippen molar-refractivity contribution in [1.29, 1.82) is 0 Å². The minimum absolute atomic E-state index is 0.0878. The van der Waals surface area contributed by atoms with Crippen molar-refractivity contribution in [1.82, 2.24) is 5.32 Å². The molecule has 2 atom stereocenters. The SMILES string of the molecule is CCOC(=O)C1CSC(c2cc(O)ccc2O)N1. The van der Waals surface area contributed by atoms with Crippen LogP contribution in [0.4, 0.5) is 0 Å². The normalized spacial score (nSPS) is 22.9. The summed E-state index contributed by atoms with van der Waals surface area (Å²) in [5.41, 5.74) is 0.576. The van der Waals surface area contributed by atoms with Crippen LogP contribution in [-0.2, 0) is 9.53 Å². The molecule has 6 heteroatoms. The molecule has 18 heavy (non-hydrogen) atoms. The Hall–Kier alpha value is -1.40. The molecule has 0 bridgehead atoms. The van der Waals surface area contributed by atoms with E-state index in [4.69, 9.17) is 4.74 Å². The molecule has 98 valence electrons. The third kappa shape index (κ3) is 2.70. The molecule has 2 rings (SSSR count). The van der Waals surface area contributed by atoms with E-state index in [0.29, 0.717) is 17.9 Å². The van der Waals surface area contributed by atoms with E-state index in [-0.39, 0.29) is 28.9 Å². The van der Waals surface area contributed by atoms with Crippen LogP contribution in [0.25, 0.3) is 0 Å². The van der Waals surface area contributed by atoms with Gasteiger partial charge in [-0.05, 0) is 25.1 Å². The maximum absolute atomic E-state index is 11.6. The summed E-state index contributed by atoms with van der Waals surface area (Å²) in [6.45, 7) is 2.11. The van der Waals surface area contributed by atoms with E-state index in [1.165, 1.54) is 30.0 Å². The number of hydrogen-bond donors (Lipinski definition) is 3. The Labute approximate surface area is 109 Å². The summed E-state index contributed by atoms with van der Waals surface area (Å²) in [4.78, 5) is 11.6. The number of phenols is 2. The second kappa shape index (κ2) is 5.49. The summed E-state index contributed by atoms with van der Waals surface area (Å²) >= 11 is 1.50. The molecular weight excluding hydrogens is 254 g/mol. The average Bonchev–Trinajstić information content (AvgIpc) is 2.82. The zero-order valence-corrected chi connectivity index (χ0v) is 10.7. The molecule has 1 aliphatic heterocycles. The Balaban J connectivity index is 2.08. The largest absolute Gasteiger partial charge is 0.508 e. The molecule has 0 amide bonds. The van der Waals surface area contributed by atoms with E-state index in [9.17, 15) is 15.0 Å². The summed E-state index contributed by atoms with van der Waals surface area (Å²) in [7, 11) is 0. The van der Waals surface area contributed by atoms with E-state index < -0.39 is 0 Å². The summed E-state index contributed by atoms with van der Waals surface area (Å²) in [6, 6.07) is 3.97. The average molecular weight is 269 g/mol. The molecule has 0 aliphatic carbocycles. The maximum atomic E-state index is 11.6. The van der Waals surface area contributed by atoms with Crippen LogP contribution in [0.3, 0.4) is 0 Å².